The van der Waals surface area contributed by atoms with Gasteiger partial charge in [0.1, 0.15) is 12.4 Å². The third kappa shape index (κ3) is 2.67. The van der Waals surface area contributed by atoms with Crippen LogP contribution in [-0.2, 0) is 6.61 Å². The minimum absolute atomic E-state index is 0.116. The van der Waals surface area contributed by atoms with Gasteiger partial charge in [0.15, 0.2) is 0 Å². The maximum absolute atomic E-state index is 10.8. The molecule has 0 aliphatic rings. The fourth-order valence-electron chi connectivity index (χ4n) is 2.43. The zero-order chi connectivity index (χ0) is 15.7. The van der Waals surface area contributed by atoms with Gasteiger partial charge in [0.2, 0.25) is 0 Å². The average molecular weight is 313 g/mol. The molecule has 3 rings (SSSR count). The summed E-state index contributed by atoms with van der Waals surface area (Å²) in [5, 5.41) is 12.1. The largest absolute Gasteiger partial charge is 0.488 e. The lowest BCUT2D eigenvalue weighted by molar-refractivity contribution is -0.385. The molecule has 22 heavy (non-hydrogen) atoms. The zero-order valence-corrected chi connectivity index (χ0v) is 13.1. The zero-order valence-electron chi connectivity index (χ0n) is 12.3. The molecule has 2 aromatic carbocycles. The highest BCUT2D eigenvalue weighted by atomic mass is 32.1. The van der Waals surface area contributed by atoms with Crippen molar-refractivity contribution in [1.82, 2.24) is 0 Å². The van der Waals surface area contributed by atoms with Crippen LogP contribution in [0, 0.1) is 24.0 Å². The minimum Gasteiger partial charge on any atom is -0.488 e. The third-order valence-corrected chi connectivity index (χ3v) is 4.92. The van der Waals surface area contributed by atoms with Gasteiger partial charge in [0.05, 0.1) is 4.92 Å². The van der Waals surface area contributed by atoms with Crippen molar-refractivity contribution in [2.24, 2.45) is 0 Å². The van der Waals surface area contributed by atoms with E-state index in [-0.39, 0.29) is 10.6 Å². The molecule has 0 spiro atoms. The van der Waals surface area contributed by atoms with Crippen LogP contribution < -0.4 is 4.74 Å². The topological polar surface area (TPSA) is 52.4 Å². The number of rotatable bonds is 4. The Morgan fingerprint density at radius 2 is 1.95 bits per heavy atom. The standard InChI is InChI=1S/C17H15NO3S/c1-11-9-13(7-8-15(11)18(19)20)21-10-17-12(2)14-5-3-4-6-16(14)22-17/h3-9H,10H2,1-2H3. The van der Waals surface area contributed by atoms with E-state index >= 15 is 0 Å². The Kier molecular flexibility index (Phi) is 3.81. The molecule has 0 bridgehead atoms. The van der Waals surface area contributed by atoms with Crippen molar-refractivity contribution in [3.05, 3.63) is 68.6 Å². The number of benzene rings is 2. The van der Waals surface area contributed by atoms with Crippen molar-refractivity contribution < 1.29 is 9.66 Å². The van der Waals surface area contributed by atoms with Crippen LogP contribution in [0.4, 0.5) is 5.69 Å². The van der Waals surface area contributed by atoms with Gasteiger partial charge in [-0.2, -0.15) is 0 Å². The Balaban J connectivity index is 1.81. The predicted octanol–water partition coefficient (Wildman–Crippen LogP) is 5.01. The molecule has 0 unspecified atom stereocenters. The maximum atomic E-state index is 10.8. The summed E-state index contributed by atoms with van der Waals surface area (Å²) < 4.78 is 7.05. The molecule has 0 N–H and O–H groups in total. The van der Waals surface area contributed by atoms with E-state index in [0.717, 1.165) is 0 Å². The van der Waals surface area contributed by atoms with Gasteiger partial charge in [-0.25, -0.2) is 0 Å². The van der Waals surface area contributed by atoms with E-state index in [1.54, 1.807) is 30.4 Å². The number of hydrogen-bond donors (Lipinski definition) is 0. The van der Waals surface area contributed by atoms with Gasteiger partial charge in [-0.1, -0.05) is 18.2 Å². The van der Waals surface area contributed by atoms with Crippen molar-refractivity contribution in [2.75, 3.05) is 0 Å². The first-order chi connectivity index (χ1) is 10.6. The van der Waals surface area contributed by atoms with Crippen molar-refractivity contribution in [2.45, 2.75) is 20.5 Å². The highest BCUT2D eigenvalue weighted by Crippen LogP contribution is 2.32. The van der Waals surface area contributed by atoms with Crippen molar-refractivity contribution in [3.8, 4) is 5.75 Å². The van der Waals surface area contributed by atoms with Crippen LogP contribution in [0.3, 0.4) is 0 Å². The van der Waals surface area contributed by atoms with Crippen LogP contribution in [0.15, 0.2) is 42.5 Å². The fraction of sp³-hybridized carbons (Fsp3) is 0.176. The van der Waals surface area contributed by atoms with E-state index in [1.807, 2.05) is 12.1 Å². The number of ether oxygens (including phenoxy) is 1. The summed E-state index contributed by atoms with van der Waals surface area (Å²) in [6.07, 6.45) is 0. The first kappa shape index (κ1) is 14.5. The van der Waals surface area contributed by atoms with Crippen molar-refractivity contribution >= 4 is 27.1 Å². The molecule has 112 valence electrons. The number of nitro groups is 1. The molecule has 0 radical (unpaired) electrons. The first-order valence-corrected chi connectivity index (χ1v) is 7.73. The molecule has 5 heteroatoms. The molecular formula is C17H15NO3S. The van der Waals surface area contributed by atoms with Gasteiger partial charge < -0.3 is 4.74 Å². The average Bonchev–Trinajstić information content (AvgIpc) is 2.82. The molecule has 0 saturated carbocycles. The lowest BCUT2D eigenvalue weighted by atomic mass is 10.1. The summed E-state index contributed by atoms with van der Waals surface area (Å²) in [6, 6.07) is 13.1. The van der Waals surface area contributed by atoms with E-state index < -0.39 is 0 Å². The Morgan fingerprint density at radius 1 is 1.18 bits per heavy atom. The summed E-state index contributed by atoms with van der Waals surface area (Å²) >= 11 is 1.72. The molecular weight excluding hydrogens is 298 g/mol. The molecule has 3 aromatic rings. The van der Waals surface area contributed by atoms with Crippen LogP contribution in [0.5, 0.6) is 5.75 Å². The quantitative estimate of drug-likeness (QED) is 0.503. The predicted molar refractivity (Wildman–Crippen MR) is 88.7 cm³/mol. The lowest BCUT2D eigenvalue weighted by Gasteiger charge is -2.06. The van der Waals surface area contributed by atoms with E-state index in [2.05, 4.69) is 19.1 Å². The second-order valence-electron chi connectivity index (χ2n) is 5.14. The molecule has 1 aromatic heterocycles. The maximum Gasteiger partial charge on any atom is 0.272 e. The van der Waals surface area contributed by atoms with Crippen LogP contribution in [0.25, 0.3) is 10.1 Å². The number of thiophene rings is 1. The fourth-order valence-corrected chi connectivity index (χ4v) is 3.56. The summed E-state index contributed by atoms with van der Waals surface area (Å²) in [4.78, 5) is 11.6. The van der Waals surface area contributed by atoms with Gasteiger partial charge in [0.25, 0.3) is 5.69 Å². The first-order valence-electron chi connectivity index (χ1n) is 6.91. The highest BCUT2D eigenvalue weighted by molar-refractivity contribution is 7.19. The summed E-state index contributed by atoms with van der Waals surface area (Å²) in [6.45, 7) is 4.29. The Morgan fingerprint density at radius 3 is 2.64 bits per heavy atom. The molecule has 0 amide bonds. The number of hydrogen-bond acceptors (Lipinski definition) is 4. The second-order valence-corrected chi connectivity index (χ2v) is 6.28. The molecule has 4 nitrogen and oxygen atoms in total. The van der Waals surface area contributed by atoms with E-state index in [0.29, 0.717) is 17.9 Å². The number of nitrogens with zero attached hydrogens (tertiary/aromatic N) is 1. The minimum atomic E-state index is -0.380. The molecule has 0 saturated heterocycles. The second kappa shape index (κ2) is 5.77. The van der Waals surface area contributed by atoms with Gasteiger partial charge in [-0.15, -0.1) is 11.3 Å². The smallest absolute Gasteiger partial charge is 0.272 e. The summed E-state index contributed by atoms with van der Waals surface area (Å²) in [7, 11) is 0. The molecule has 0 fully saturated rings. The normalized spacial score (nSPS) is 10.8. The van der Waals surface area contributed by atoms with Crippen LogP contribution in [0.2, 0.25) is 0 Å². The van der Waals surface area contributed by atoms with Crippen molar-refractivity contribution in [3.63, 3.8) is 0 Å². The molecule has 0 aliphatic carbocycles. The van der Waals surface area contributed by atoms with Crippen molar-refractivity contribution in [1.29, 1.82) is 0 Å². The summed E-state index contributed by atoms with van der Waals surface area (Å²) in [5.74, 6) is 0.653. The Bertz CT molecular complexity index is 854. The SMILES string of the molecule is Cc1cc(OCc2sc3ccccc3c2C)ccc1[N+](=O)[O-]. The van der Waals surface area contributed by atoms with Crippen LogP contribution in [-0.4, -0.2) is 4.92 Å². The Hall–Kier alpha value is -2.40. The van der Waals surface area contributed by atoms with Gasteiger partial charge in [-0.3, -0.25) is 10.1 Å². The van der Waals surface area contributed by atoms with E-state index in [1.165, 1.54) is 26.6 Å². The lowest BCUT2D eigenvalue weighted by Crippen LogP contribution is -1.96. The van der Waals surface area contributed by atoms with E-state index in [4.69, 9.17) is 4.74 Å². The Labute approximate surface area is 132 Å². The molecule has 1 heterocycles. The number of nitro benzene ring substituents is 1. The number of fused-ring (bicyclic) bond motifs is 1. The van der Waals surface area contributed by atoms with Gasteiger partial charge in [0, 0.05) is 21.2 Å². The molecule has 0 aliphatic heterocycles. The summed E-state index contributed by atoms with van der Waals surface area (Å²) in [5.41, 5.74) is 1.96. The van der Waals surface area contributed by atoms with Crippen LogP contribution >= 0.6 is 11.3 Å². The highest BCUT2D eigenvalue weighted by Gasteiger charge is 2.12. The van der Waals surface area contributed by atoms with Gasteiger partial charge >= 0.3 is 0 Å². The van der Waals surface area contributed by atoms with E-state index in [9.17, 15) is 10.1 Å². The third-order valence-electron chi connectivity index (χ3n) is 3.68. The van der Waals surface area contributed by atoms with Crippen LogP contribution in [0.1, 0.15) is 16.0 Å². The molecule has 0 atom stereocenters. The monoisotopic (exact) mass is 313 g/mol. The van der Waals surface area contributed by atoms with Gasteiger partial charge in [-0.05, 0) is 43.0 Å². The number of aryl methyl sites for hydroxylation is 2.